The number of imide groups is 1. The van der Waals surface area contributed by atoms with E-state index in [2.05, 4.69) is 10.6 Å². The van der Waals surface area contributed by atoms with Crippen LogP contribution in [-0.4, -0.2) is 52.4 Å². The lowest BCUT2D eigenvalue weighted by molar-refractivity contribution is -0.142. The molecule has 0 saturated carbocycles. The summed E-state index contributed by atoms with van der Waals surface area (Å²) in [6.45, 7) is 2.12. The largest absolute Gasteiger partial charge is 0.480 e. The number of hydrogen-bond acceptors (Lipinski definition) is 4. The standard InChI is InChI=1S/C12H17N3O5/c1-6-4-5-15(9(6)11(18)19)12(20)13-7-2-3-8(16)14-10(7)17/h6-7,9H,2-5H2,1H3,(H,13,20)(H,18,19)(H,14,16,17). The van der Waals surface area contributed by atoms with Crippen LogP contribution in [0.25, 0.3) is 0 Å². The van der Waals surface area contributed by atoms with E-state index in [-0.39, 0.29) is 24.7 Å². The number of carboxylic acid groups (broad SMARTS) is 1. The maximum Gasteiger partial charge on any atom is 0.326 e. The first-order valence-electron chi connectivity index (χ1n) is 6.53. The van der Waals surface area contributed by atoms with Gasteiger partial charge >= 0.3 is 12.0 Å². The molecule has 20 heavy (non-hydrogen) atoms. The quantitative estimate of drug-likeness (QED) is 0.579. The monoisotopic (exact) mass is 283 g/mol. The number of urea groups is 1. The Morgan fingerprint density at radius 2 is 2.05 bits per heavy atom. The molecule has 2 saturated heterocycles. The number of hydrogen-bond donors (Lipinski definition) is 3. The maximum atomic E-state index is 12.1. The van der Waals surface area contributed by atoms with Crippen molar-refractivity contribution in [2.75, 3.05) is 6.54 Å². The summed E-state index contributed by atoms with van der Waals surface area (Å²) >= 11 is 0. The second-order valence-corrected chi connectivity index (χ2v) is 5.20. The van der Waals surface area contributed by atoms with E-state index in [4.69, 9.17) is 5.11 Å². The van der Waals surface area contributed by atoms with Crippen LogP contribution in [-0.2, 0) is 14.4 Å². The molecule has 110 valence electrons. The number of carbonyl (C=O) groups excluding carboxylic acids is 3. The zero-order valence-electron chi connectivity index (χ0n) is 11.1. The number of nitrogens with zero attached hydrogens (tertiary/aromatic N) is 1. The highest BCUT2D eigenvalue weighted by atomic mass is 16.4. The van der Waals surface area contributed by atoms with E-state index < -0.39 is 30.0 Å². The zero-order valence-corrected chi connectivity index (χ0v) is 11.1. The van der Waals surface area contributed by atoms with E-state index in [0.29, 0.717) is 13.0 Å². The van der Waals surface area contributed by atoms with Crippen LogP contribution in [0.2, 0.25) is 0 Å². The van der Waals surface area contributed by atoms with Gasteiger partial charge < -0.3 is 15.3 Å². The second kappa shape index (κ2) is 5.48. The summed E-state index contributed by atoms with van der Waals surface area (Å²) in [5, 5.41) is 13.8. The van der Waals surface area contributed by atoms with Crippen LogP contribution in [0.1, 0.15) is 26.2 Å². The van der Waals surface area contributed by atoms with Crippen LogP contribution in [0, 0.1) is 5.92 Å². The molecule has 3 N–H and O–H groups in total. The fourth-order valence-corrected chi connectivity index (χ4v) is 2.61. The molecule has 0 aromatic heterocycles. The zero-order chi connectivity index (χ0) is 14.9. The molecule has 4 amide bonds. The first-order valence-corrected chi connectivity index (χ1v) is 6.53. The molecule has 2 heterocycles. The highest BCUT2D eigenvalue weighted by molar-refractivity contribution is 6.01. The van der Waals surface area contributed by atoms with Gasteiger partial charge in [-0.3, -0.25) is 14.9 Å². The number of carbonyl (C=O) groups is 4. The fourth-order valence-electron chi connectivity index (χ4n) is 2.61. The third-order valence-electron chi connectivity index (χ3n) is 3.75. The van der Waals surface area contributed by atoms with Gasteiger partial charge in [0.05, 0.1) is 0 Å². The fraction of sp³-hybridized carbons (Fsp3) is 0.667. The number of carboxylic acids is 1. The Morgan fingerprint density at radius 3 is 2.65 bits per heavy atom. The lowest BCUT2D eigenvalue weighted by atomic mass is 10.0. The minimum absolute atomic E-state index is 0.125. The Bertz CT molecular complexity index is 464. The van der Waals surface area contributed by atoms with Crippen LogP contribution in [0.5, 0.6) is 0 Å². The minimum atomic E-state index is -1.05. The van der Waals surface area contributed by atoms with Crippen molar-refractivity contribution >= 4 is 23.8 Å². The molecule has 2 aliphatic heterocycles. The second-order valence-electron chi connectivity index (χ2n) is 5.20. The molecule has 8 nitrogen and oxygen atoms in total. The molecule has 0 aromatic rings. The van der Waals surface area contributed by atoms with Gasteiger partial charge in [0.25, 0.3) is 0 Å². The summed E-state index contributed by atoms with van der Waals surface area (Å²) in [4.78, 5) is 47.1. The SMILES string of the molecule is CC1CCN(C(=O)NC2CCC(=O)NC2=O)C1C(=O)O. The number of piperidine rings is 1. The van der Waals surface area contributed by atoms with E-state index in [1.165, 1.54) is 4.90 Å². The van der Waals surface area contributed by atoms with Crippen LogP contribution in [0.3, 0.4) is 0 Å². The molecule has 0 spiro atoms. The molecule has 0 radical (unpaired) electrons. The number of nitrogens with one attached hydrogen (secondary N) is 2. The van der Waals surface area contributed by atoms with E-state index in [0.717, 1.165) is 0 Å². The van der Waals surface area contributed by atoms with Crippen molar-refractivity contribution in [2.24, 2.45) is 5.92 Å². The highest BCUT2D eigenvalue weighted by Gasteiger charge is 2.40. The van der Waals surface area contributed by atoms with Crippen molar-refractivity contribution in [3.63, 3.8) is 0 Å². The van der Waals surface area contributed by atoms with Crippen molar-refractivity contribution in [3.05, 3.63) is 0 Å². The Hall–Kier alpha value is -2.12. The summed E-state index contributed by atoms with van der Waals surface area (Å²) in [5.41, 5.74) is 0. The van der Waals surface area contributed by atoms with Crippen molar-refractivity contribution in [2.45, 2.75) is 38.3 Å². The van der Waals surface area contributed by atoms with Gasteiger partial charge in [0.2, 0.25) is 11.8 Å². The molecule has 3 atom stereocenters. The summed E-state index contributed by atoms with van der Waals surface area (Å²) < 4.78 is 0. The Labute approximate surface area is 115 Å². The molecule has 2 rings (SSSR count). The summed E-state index contributed by atoms with van der Waals surface area (Å²) in [6.07, 6.45) is 1.01. The minimum Gasteiger partial charge on any atom is -0.480 e. The topological polar surface area (TPSA) is 116 Å². The molecular weight excluding hydrogens is 266 g/mol. The van der Waals surface area contributed by atoms with Crippen molar-refractivity contribution < 1.29 is 24.3 Å². The van der Waals surface area contributed by atoms with Gasteiger partial charge in [-0.1, -0.05) is 6.92 Å². The smallest absolute Gasteiger partial charge is 0.326 e. The van der Waals surface area contributed by atoms with Crippen molar-refractivity contribution in [1.29, 1.82) is 0 Å². The third kappa shape index (κ3) is 2.73. The van der Waals surface area contributed by atoms with Crippen LogP contribution < -0.4 is 10.6 Å². The summed E-state index contributed by atoms with van der Waals surface area (Å²) in [7, 11) is 0. The van der Waals surface area contributed by atoms with E-state index in [1.807, 2.05) is 0 Å². The molecule has 8 heteroatoms. The average Bonchev–Trinajstić information content (AvgIpc) is 2.74. The first kappa shape index (κ1) is 14.3. The lowest BCUT2D eigenvalue weighted by Crippen LogP contribution is -2.56. The molecule has 0 aromatic carbocycles. The predicted octanol–water partition coefficient (Wildman–Crippen LogP) is -0.704. The molecular formula is C12H17N3O5. The number of aliphatic carboxylic acids is 1. The average molecular weight is 283 g/mol. The molecule has 0 aliphatic carbocycles. The van der Waals surface area contributed by atoms with Crippen molar-refractivity contribution in [1.82, 2.24) is 15.5 Å². The number of likely N-dealkylation sites (tertiary alicyclic amines) is 1. The van der Waals surface area contributed by atoms with Crippen LogP contribution in [0.4, 0.5) is 4.79 Å². The highest BCUT2D eigenvalue weighted by Crippen LogP contribution is 2.24. The maximum absolute atomic E-state index is 12.1. The van der Waals surface area contributed by atoms with E-state index in [1.54, 1.807) is 6.92 Å². The predicted molar refractivity (Wildman–Crippen MR) is 66.6 cm³/mol. The van der Waals surface area contributed by atoms with Gasteiger partial charge in [-0.15, -0.1) is 0 Å². The Kier molecular flexibility index (Phi) is 3.91. The molecule has 0 bridgehead atoms. The van der Waals surface area contributed by atoms with E-state index >= 15 is 0 Å². The van der Waals surface area contributed by atoms with Gasteiger partial charge in [-0.25, -0.2) is 9.59 Å². The van der Waals surface area contributed by atoms with Gasteiger partial charge in [0.15, 0.2) is 0 Å². The van der Waals surface area contributed by atoms with Crippen LogP contribution in [0.15, 0.2) is 0 Å². The summed E-state index contributed by atoms with van der Waals surface area (Å²) in [6, 6.07) is -2.23. The Balaban J connectivity index is 1.99. The third-order valence-corrected chi connectivity index (χ3v) is 3.75. The van der Waals surface area contributed by atoms with Crippen LogP contribution >= 0.6 is 0 Å². The van der Waals surface area contributed by atoms with E-state index in [9.17, 15) is 19.2 Å². The van der Waals surface area contributed by atoms with Crippen molar-refractivity contribution in [3.8, 4) is 0 Å². The van der Waals surface area contributed by atoms with Gasteiger partial charge in [0, 0.05) is 13.0 Å². The number of rotatable bonds is 2. The van der Waals surface area contributed by atoms with Gasteiger partial charge in [0.1, 0.15) is 12.1 Å². The van der Waals surface area contributed by atoms with Gasteiger partial charge in [-0.05, 0) is 18.8 Å². The van der Waals surface area contributed by atoms with Gasteiger partial charge in [-0.2, -0.15) is 0 Å². The first-order chi connectivity index (χ1) is 9.40. The number of amides is 4. The summed E-state index contributed by atoms with van der Waals surface area (Å²) in [5.74, 6) is -2.08. The Morgan fingerprint density at radius 1 is 1.35 bits per heavy atom. The molecule has 2 fully saturated rings. The molecule has 2 aliphatic rings. The lowest BCUT2D eigenvalue weighted by Gasteiger charge is -2.27. The normalized spacial score (nSPS) is 30.1. The molecule has 3 unspecified atom stereocenters.